The van der Waals surface area contributed by atoms with Gasteiger partial charge in [-0.2, -0.15) is 0 Å². The minimum atomic E-state index is 0.745. The van der Waals surface area contributed by atoms with E-state index >= 15 is 0 Å². The second kappa shape index (κ2) is 14.8. The normalized spacial score (nSPS) is 10.8. The number of nitrogens with zero attached hydrogens (tertiary/aromatic N) is 1. The van der Waals surface area contributed by atoms with Crippen LogP contribution >= 0.6 is 15.9 Å². The number of anilines is 3. The van der Waals surface area contributed by atoms with E-state index in [9.17, 15) is 0 Å². The van der Waals surface area contributed by atoms with Crippen molar-refractivity contribution in [3.63, 3.8) is 0 Å². The second-order valence-corrected chi connectivity index (χ2v) is 13.2. The molecule has 0 fully saturated rings. The lowest BCUT2D eigenvalue weighted by Gasteiger charge is -2.31. The third kappa shape index (κ3) is 7.12. The molecule has 8 aromatic carbocycles. The monoisotopic (exact) mass is 719 g/mol. The zero-order valence-electron chi connectivity index (χ0n) is 27.9. The van der Waals surface area contributed by atoms with E-state index in [-0.39, 0.29) is 0 Å². The lowest BCUT2D eigenvalue weighted by Crippen LogP contribution is -2.13. The number of hydrogen-bond donors (Lipinski definition) is 0. The molecule has 0 aromatic heterocycles. The summed E-state index contributed by atoms with van der Waals surface area (Å²) >= 11 is 3.79. The Hall–Kier alpha value is -6.16. The highest BCUT2D eigenvalue weighted by Gasteiger charge is 2.23. The van der Waals surface area contributed by atoms with Gasteiger partial charge in [0.1, 0.15) is 11.5 Å². The van der Waals surface area contributed by atoms with Gasteiger partial charge in [0.15, 0.2) is 0 Å². The van der Waals surface area contributed by atoms with Gasteiger partial charge in [-0.25, -0.2) is 0 Å². The van der Waals surface area contributed by atoms with E-state index in [0.29, 0.717) is 0 Å². The Balaban J connectivity index is 1.37. The lowest BCUT2D eigenvalue weighted by atomic mass is 9.94. The van der Waals surface area contributed by atoms with Crippen molar-refractivity contribution in [2.75, 3.05) is 4.90 Å². The maximum absolute atomic E-state index is 6.78. The molecule has 0 heterocycles. The number of para-hydroxylation sites is 1. The summed E-state index contributed by atoms with van der Waals surface area (Å²) in [6, 6.07) is 72.1. The van der Waals surface area contributed by atoms with Crippen molar-refractivity contribution in [1.82, 2.24) is 0 Å². The van der Waals surface area contributed by atoms with Crippen molar-refractivity contribution in [3.8, 4) is 56.0 Å². The smallest absolute Gasteiger partial charge is 0.130 e. The SMILES string of the molecule is Brc1cccc(N(c2cc(Oc3cccc(-c4ccccc4)c3)cc(-c3ccccc3)c2)c2c(-c3ccccc3)cccc2-c2ccccc2)c1. The quantitative estimate of drug-likeness (QED) is 0.147. The summed E-state index contributed by atoms with van der Waals surface area (Å²) < 4.78 is 7.78. The van der Waals surface area contributed by atoms with Gasteiger partial charge in [0, 0.05) is 27.4 Å². The third-order valence-electron chi connectivity index (χ3n) is 8.93. The summed E-state index contributed by atoms with van der Waals surface area (Å²) in [5.41, 5.74) is 12.0. The molecule has 0 bridgehead atoms. The highest BCUT2D eigenvalue weighted by atomic mass is 79.9. The Kier molecular flexibility index (Phi) is 9.28. The maximum atomic E-state index is 6.78. The average Bonchev–Trinajstić information content (AvgIpc) is 3.19. The van der Waals surface area contributed by atoms with Gasteiger partial charge in [0.2, 0.25) is 0 Å². The second-order valence-electron chi connectivity index (χ2n) is 12.3. The van der Waals surface area contributed by atoms with E-state index in [1.165, 1.54) is 0 Å². The summed E-state index contributed by atoms with van der Waals surface area (Å²) in [7, 11) is 0. The molecule has 0 unspecified atom stereocenters. The first-order valence-electron chi connectivity index (χ1n) is 17.0. The molecule has 0 aliphatic heterocycles. The van der Waals surface area contributed by atoms with Gasteiger partial charge in [-0.3, -0.25) is 0 Å². The molecular formula is C48H34BrNO. The van der Waals surface area contributed by atoms with Crippen LogP contribution < -0.4 is 9.64 Å². The van der Waals surface area contributed by atoms with Gasteiger partial charge in [-0.1, -0.05) is 174 Å². The van der Waals surface area contributed by atoms with Gasteiger partial charge in [-0.05, 0) is 75.8 Å². The predicted octanol–water partition coefficient (Wildman–Crippen LogP) is 14.4. The van der Waals surface area contributed by atoms with Crippen LogP contribution in [0.2, 0.25) is 0 Å². The zero-order chi connectivity index (χ0) is 34.4. The molecule has 0 saturated heterocycles. The summed E-state index contributed by atoms with van der Waals surface area (Å²) in [5, 5.41) is 0. The van der Waals surface area contributed by atoms with Crippen LogP contribution in [0.25, 0.3) is 44.5 Å². The van der Waals surface area contributed by atoms with Crippen LogP contribution in [-0.4, -0.2) is 0 Å². The van der Waals surface area contributed by atoms with Crippen molar-refractivity contribution in [2.24, 2.45) is 0 Å². The first kappa shape index (κ1) is 32.1. The lowest BCUT2D eigenvalue weighted by molar-refractivity contribution is 0.483. The molecule has 8 rings (SSSR count). The number of ether oxygens (including phenoxy) is 1. The Morgan fingerprint density at radius 3 is 1.41 bits per heavy atom. The summed E-state index contributed by atoms with van der Waals surface area (Å²) in [5.74, 6) is 1.52. The fourth-order valence-electron chi connectivity index (χ4n) is 6.58. The van der Waals surface area contributed by atoms with E-state index in [1.807, 2.05) is 12.1 Å². The first-order valence-corrected chi connectivity index (χ1v) is 17.8. The Labute approximate surface area is 308 Å². The molecule has 0 amide bonds. The molecule has 2 nitrogen and oxygen atoms in total. The number of benzene rings is 8. The van der Waals surface area contributed by atoms with E-state index in [1.54, 1.807) is 0 Å². The Morgan fingerprint density at radius 2 is 0.824 bits per heavy atom. The maximum Gasteiger partial charge on any atom is 0.130 e. The molecule has 51 heavy (non-hydrogen) atoms. The van der Waals surface area contributed by atoms with Gasteiger partial charge in [0.05, 0.1) is 11.4 Å². The van der Waals surface area contributed by atoms with Gasteiger partial charge >= 0.3 is 0 Å². The van der Waals surface area contributed by atoms with Gasteiger partial charge < -0.3 is 9.64 Å². The summed E-state index contributed by atoms with van der Waals surface area (Å²) in [6.45, 7) is 0. The molecule has 8 aromatic rings. The molecular weight excluding hydrogens is 686 g/mol. The highest BCUT2D eigenvalue weighted by Crippen LogP contribution is 2.48. The van der Waals surface area contributed by atoms with Crippen LogP contribution in [-0.2, 0) is 0 Å². The topological polar surface area (TPSA) is 12.5 Å². The first-order chi connectivity index (χ1) is 25.2. The molecule has 3 heteroatoms. The molecule has 0 saturated carbocycles. The highest BCUT2D eigenvalue weighted by molar-refractivity contribution is 9.10. The molecule has 0 aliphatic rings. The van der Waals surface area contributed by atoms with Crippen LogP contribution in [0.15, 0.2) is 211 Å². The molecule has 0 radical (unpaired) electrons. The number of hydrogen-bond acceptors (Lipinski definition) is 2. The average molecular weight is 721 g/mol. The molecule has 244 valence electrons. The van der Waals surface area contributed by atoms with Crippen LogP contribution in [0.4, 0.5) is 17.1 Å². The third-order valence-corrected chi connectivity index (χ3v) is 9.42. The standard InChI is InChI=1S/C48H34BrNO/c49-41-25-14-26-42(33-41)50(48-46(37-20-9-3-10-21-37)28-15-29-47(48)38-22-11-4-12-23-38)43-30-40(36-18-7-2-8-19-36)32-45(34-43)51-44-27-13-24-39(31-44)35-16-5-1-6-17-35/h1-34H. The predicted molar refractivity (Wildman–Crippen MR) is 217 cm³/mol. The fourth-order valence-corrected chi connectivity index (χ4v) is 6.97. The van der Waals surface area contributed by atoms with Crippen molar-refractivity contribution < 1.29 is 4.74 Å². The Bertz CT molecular complexity index is 2340. The van der Waals surface area contributed by atoms with Crippen molar-refractivity contribution in [3.05, 3.63) is 211 Å². The van der Waals surface area contributed by atoms with E-state index < -0.39 is 0 Å². The van der Waals surface area contributed by atoms with Crippen molar-refractivity contribution in [2.45, 2.75) is 0 Å². The van der Waals surface area contributed by atoms with Crippen LogP contribution in [0.1, 0.15) is 0 Å². The number of rotatable bonds is 9. The van der Waals surface area contributed by atoms with Crippen molar-refractivity contribution in [1.29, 1.82) is 0 Å². The van der Waals surface area contributed by atoms with Crippen molar-refractivity contribution >= 4 is 33.0 Å². The molecule has 0 aliphatic carbocycles. The van der Waals surface area contributed by atoms with E-state index in [0.717, 1.165) is 77.5 Å². The minimum absolute atomic E-state index is 0.745. The fraction of sp³-hybridized carbons (Fsp3) is 0. The van der Waals surface area contributed by atoms with Crippen LogP contribution in [0.3, 0.4) is 0 Å². The van der Waals surface area contributed by atoms with E-state index in [4.69, 9.17) is 4.74 Å². The van der Waals surface area contributed by atoms with Crippen LogP contribution in [0, 0.1) is 0 Å². The number of halogens is 1. The van der Waals surface area contributed by atoms with E-state index in [2.05, 4.69) is 215 Å². The molecule has 0 atom stereocenters. The summed E-state index contributed by atoms with van der Waals surface area (Å²) in [6.07, 6.45) is 0. The van der Waals surface area contributed by atoms with Gasteiger partial charge in [-0.15, -0.1) is 0 Å². The molecule has 0 N–H and O–H groups in total. The largest absolute Gasteiger partial charge is 0.457 e. The Morgan fingerprint density at radius 1 is 0.333 bits per heavy atom. The van der Waals surface area contributed by atoms with Crippen LogP contribution in [0.5, 0.6) is 11.5 Å². The van der Waals surface area contributed by atoms with Gasteiger partial charge in [0.25, 0.3) is 0 Å². The zero-order valence-corrected chi connectivity index (χ0v) is 29.4. The minimum Gasteiger partial charge on any atom is -0.457 e. The summed E-state index contributed by atoms with van der Waals surface area (Å²) in [4.78, 5) is 2.37. The molecule has 0 spiro atoms.